The molecule has 0 spiro atoms. The average molecular weight is 558 g/mol. The SMILES string of the molecule is CNCCCOc1cc(F)ccc1Cc1nc(C(F)(F)F)c(Cl)cc1C(=O)Nc1cccc(S(C)=O)c1. The lowest BCUT2D eigenvalue weighted by Gasteiger charge is -2.16. The fourth-order valence-corrected chi connectivity index (χ4v) is 4.25. The summed E-state index contributed by atoms with van der Waals surface area (Å²) >= 11 is 5.87. The summed E-state index contributed by atoms with van der Waals surface area (Å²) in [6.45, 7) is 0.886. The monoisotopic (exact) mass is 557 g/mol. The lowest BCUT2D eigenvalue weighted by Crippen LogP contribution is -2.19. The van der Waals surface area contributed by atoms with Crippen LogP contribution in [0.15, 0.2) is 53.4 Å². The van der Waals surface area contributed by atoms with Gasteiger partial charge in [-0.2, -0.15) is 13.2 Å². The van der Waals surface area contributed by atoms with Gasteiger partial charge in [0.05, 0.1) is 22.9 Å². The standard InChI is InChI=1S/C25H24ClF4N3O3S/c1-31-9-4-10-36-22-12-16(27)8-7-15(22)11-21-19(14-20(26)23(33-21)25(28,29)30)24(34)32-17-5-3-6-18(13-17)37(2)35/h3,5-8,12-14,31H,4,9-11H2,1-2H3,(H,32,34). The Morgan fingerprint density at radius 1 is 1.16 bits per heavy atom. The maximum absolute atomic E-state index is 13.9. The first-order chi connectivity index (χ1) is 17.5. The van der Waals surface area contributed by atoms with Gasteiger partial charge >= 0.3 is 6.18 Å². The van der Waals surface area contributed by atoms with Crippen molar-refractivity contribution in [2.45, 2.75) is 23.9 Å². The van der Waals surface area contributed by atoms with Gasteiger partial charge in [-0.1, -0.05) is 23.7 Å². The molecule has 3 rings (SSSR count). The number of nitrogens with zero attached hydrogens (tertiary/aromatic N) is 1. The summed E-state index contributed by atoms with van der Waals surface area (Å²) in [5, 5.41) is 4.79. The summed E-state index contributed by atoms with van der Waals surface area (Å²) in [5.41, 5.74) is -1.15. The minimum Gasteiger partial charge on any atom is -0.493 e. The maximum atomic E-state index is 13.9. The fourth-order valence-electron chi connectivity index (χ4n) is 3.43. The van der Waals surface area contributed by atoms with Gasteiger partial charge in [-0.15, -0.1) is 0 Å². The van der Waals surface area contributed by atoms with E-state index in [4.69, 9.17) is 16.3 Å². The van der Waals surface area contributed by atoms with Crippen molar-refractivity contribution in [2.75, 3.05) is 31.8 Å². The van der Waals surface area contributed by atoms with Crippen LogP contribution in [-0.2, 0) is 23.4 Å². The molecule has 0 radical (unpaired) electrons. The number of carbonyl (C=O) groups is 1. The van der Waals surface area contributed by atoms with Crippen molar-refractivity contribution in [3.63, 3.8) is 0 Å². The first kappa shape index (κ1) is 28.5. The van der Waals surface area contributed by atoms with Crippen LogP contribution in [0.1, 0.15) is 33.7 Å². The predicted octanol–water partition coefficient (Wildman–Crippen LogP) is 5.46. The van der Waals surface area contributed by atoms with Crippen molar-refractivity contribution in [3.8, 4) is 5.75 Å². The topological polar surface area (TPSA) is 80.3 Å². The number of rotatable bonds is 10. The third kappa shape index (κ3) is 7.73. The molecule has 3 aromatic rings. The molecule has 1 unspecified atom stereocenters. The van der Waals surface area contributed by atoms with E-state index in [0.29, 0.717) is 23.4 Å². The third-order valence-electron chi connectivity index (χ3n) is 5.21. The van der Waals surface area contributed by atoms with Gasteiger partial charge in [0.1, 0.15) is 11.6 Å². The number of ether oxygens (including phenoxy) is 1. The number of anilines is 1. The van der Waals surface area contributed by atoms with Gasteiger partial charge in [-0.3, -0.25) is 9.00 Å². The number of hydrogen-bond donors (Lipinski definition) is 2. The molecular weight excluding hydrogens is 534 g/mol. The Morgan fingerprint density at radius 3 is 2.59 bits per heavy atom. The van der Waals surface area contributed by atoms with Gasteiger partial charge in [0.25, 0.3) is 5.91 Å². The third-order valence-corrected chi connectivity index (χ3v) is 6.41. The van der Waals surface area contributed by atoms with Crippen LogP contribution in [0.4, 0.5) is 23.2 Å². The van der Waals surface area contributed by atoms with Crippen LogP contribution in [0.5, 0.6) is 5.75 Å². The summed E-state index contributed by atoms with van der Waals surface area (Å²) in [4.78, 5) is 17.3. The van der Waals surface area contributed by atoms with Crippen molar-refractivity contribution < 1.29 is 31.3 Å². The molecule has 1 heterocycles. The maximum Gasteiger partial charge on any atom is 0.434 e. The van der Waals surface area contributed by atoms with E-state index in [1.807, 2.05) is 0 Å². The molecule has 1 atom stereocenters. The zero-order chi connectivity index (χ0) is 27.2. The zero-order valence-electron chi connectivity index (χ0n) is 19.9. The lowest BCUT2D eigenvalue weighted by atomic mass is 10.0. The van der Waals surface area contributed by atoms with Gasteiger partial charge in [-0.25, -0.2) is 9.37 Å². The molecule has 2 aromatic carbocycles. The number of pyridine rings is 1. The van der Waals surface area contributed by atoms with Gasteiger partial charge < -0.3 is 15.4 Å². The van der Waals surface area contributed by atoms with Crippen LogP contribution in [-0.4, -0.2) is 41.6 Å². The first-order valence-electron chi connectivity index (χ1n) is 11.1. The Kier molecular flexibility index (Phi) is 9.63. The average Bonchev–Trinajstić information content (AvgIpc) is 2.83. The molecule has 198 valence electrons. The van der Waals surface area contributed by atoms with Gasteiger partial charge in [0.2, 0.25) is 0 Å². The molecule has 0 aliphatic heterocycles. The molecule has 0 bridgehead atoms. The fraction of sp³-hybridized carbons (Fsp3) is 0.280. The number of alkyl halides is 3. The van der Waals surface area contributed by atoms with Crippen LogP contribution in [0.2, 0.25) is 5.02 Å². The minimum atomic E-state index is -4.87. The zero-order valence-corrected chi connectivity index (χ0v) is 21.5. The highest BCUT2D eigenvalue weighted by Gasteiger charge is 2.37. The second kappa shape index (κ2) is 12.5. The summed E-state index contributed by atoms with van der Waals surface area (Å²) in [6, 6.07) is 10.8. The van der Waals surface area contributed by atoms with E-state index < -0.39 is 39.4 Å². The van der Waals surface area contributed by atoms with E-state index in [9.17, 15) is 26.6 Å². The van der Waals surface area contributed by atoms with Crippen LogP contribution in [0, 0.1) is 5.82 Å². The smallest absolute Gasteiger partial charge is 0.434 e. The molecule has 0 aliphatic carbocycles. The summed E-state index contributed by atoms with van der Waals surface area (Å²) in [5.74, 6) is -1.22. The molecule has 0 aliphatic rings. The largest absolute Gasteiger partial charge is 0.493 e. The molecule has 0 saturated heterocycles. The number of halogens is 5. The highest BCUT2D eigenvalue weighted by atomic mass is 35.5. The Morgan fingerprint density at radius 2 is 1.92 bits per heavy atom. The molecule has 37 heavy (non-hydrogen) atoms. The summed E-state index contributed by atoms with van der Waals surface area (Å²) < 4.78 is 72.1. The quantitative estimate of drug-likeness (QED) is 0.255. The normalized spacial score (nSPS) is 12.3. The molecule has 6 nitrogen and oxygen atoms in total. The van der Waals surface area contributed by atoms with Gasteiger partial charge in [0.15, 0.2) is 5.69 Å². The van der Waals surface area contributed by atoms with E-state index in [2.05, 4.69) is 15.6 Å². The summed E-state index contributed by atoms with van der Waals surface area (Å²) in [6.07, 6.45) is -3.04. The Hall–Kier alpha value is -3.02. The van der Waals surface area contributed by atoms with Crippen molar-refractivity contribution in [1.82, 2.24) is 10.3 Å². The molecule has 0 fully saturated rings. The minimum absolute atomic E-state index is 0.130. The van der Waals surface area contributed by atoms with Crippen LogP contribution >= 0.6 is 11.6 Å². The van der Waals surface area contributed by atoms with Crippen LogP contribution in [0.3, 0.4) is 0 Å². The van der Waals surface area contributed by atoms with Crippen molar-refractivity contribution in [3.05, 3.63) is 81.9 Å². The van der Waals surface area contributed by atoms with Gasteiger partial charge in [0, 0.05) is 45.7 Å². The van der Waals surface area contributed by atoms with Crippen LogP contribution < -0.4 is 15.4 Å². The van der Waals surface area contributed by atoms with Crippen molar-refractivity contribution >= 4 is 34.0 Å². The number of aromatic nitrogens is 1. The number of carbonyl (C=O) groups excluding carboxylic acids is 1. The molecule has 1 amide bonds. The number of nitrogens with one attached hydrogen (secondary N) is 2. The molecule has 0 saturated carbocycles. The highest BCUT2D eigenvalue weighted by Crippen LogP contribution is 2.35. The van der Waals surface area contributed by atoms with E-state index in [1.54, 1.807) is 25.2 Å². The van der Waals surface area contributed by atoms with Crippen molar-refractivity contribution in [2.24, 2.45) is 0 Å². The lowest BCUT2D eigenvalue weighted by molar-refractivity contribution is -0.141. The number of hydrogen-bond acceptors (Lipinski definition) is 5. The Bertz CT molecular complexity index is 1300. The van der Waals surface area contributed by atoms with E-state index in [0.717, 1.165) is 18.2 Å². The van der Waals surface area contributed by atoms with Gasteiger partial charge in [-0.05, 0) is 50.3 Å². The van der Waals surface area contributed by atoms with E-state index in [1.165, 1.54) is 18.4 Å². The number of benzene rings is 2. The second-order valence-electron chi connectivity index (χ2n) is 7.98. The molecular formula is C25H24ClF4N3O3S. The Labute approximate surface area is 218 Å². The molecule has 12 heteroatoms. The second-order valence-corrected chi connectivity index (χ2v) is 9.77. The van der Waals surface area contributed by atoms with E-state index in [-0.39, 0.29) is 35.7 Å². The molecule has 1 aromatic heterocycles. The Balaban J connectivity index is 2.01. The number of amides is 1. The molecule has 2 N–H and O–H groups in total. The van der Waals surface area contributed by atoms with Crippen molar-refractivity contribution in [1.29, 1.82) is 0 Å². The summed E-state index contributed by atoms with van der Waals surface area (Å²) in [7, 11) is 0.453. The van der Waals surface area contributed by atoms with E-state index >= 15 is 0 Å². The first-order valence-corrected chi connectivity index (χ1v) is 13.0. The highest BCUT2D eigenvalue weighted by molar-refractivity contribution is 7.84. The predicted molar refractivity (Wildman–Crippen MR) is 134 cm³/mol. The van der Waals surface area contributed by atoms with Crippen LogP contribution in [0.25, 0.3) is 0 Å².